The van der Waals surface area contributed by atoms with Gasteiger partial charge < -0.3 is 14.7 Å². The number of rotatable bonds is 2. The fourth-order valence-corrected chi connectivity index (χ4v) is 3.28. The summed E-state index contributed by atoms with van der Waals surface area (Å²) < 4.78 is 0. The van der Waals surface area contributed by atoms with E-state index in [2.05, 4.69) is 0 Å². The third-order valence-corrected chi connectivity index (χ3v) is 4.78. The van der Waals surface area contributed by atoms with Gasteiger partial charge in [0.15, 0.2) is 0 Å². The molecule has 6 heteroatoms. The normalized spacial score (nSPS) is 17.5. The first-order valence-electron chi connectivity index (χ1n) is 8.36. The molecule has 0 atom stereocenters. The Balaban J connectivity index is 1.68. The topological polar surface area (TPSA) is 60.9 Å². The van der Waals surface area contributed by atoms with E-state index < -0.39 is 0 Å². The van der Waals surface area contributed by atoms with Crippen LogP contribution in [0.3, 0.4) is 0 Å². The molecule has 0 N–H and O–H groups in total. The highest BCUT2D eigenvalue weighted by Crippen LogP contribution is 2.28. The highest BCUT2D eigenvalue weighted by molar-refractivity contribution is 6.03. The summed E-state index contributed by atoms with van der Waals surface area (Å²) in [6.45, 7) is 6.04. The predicted octanol–water partition coefficient (Wildman–Crippen LogP) is 1.15. The van der Waals surface area contributed by atoms with Crippen molar-refractivity contribution in [2.45, 2.75) is 20.3 Å². The van der Waals surface area contributed by atoms with E-state index in [1.807, 2.05) is 30.9 Å². The number of carbonyl (C=O) groups is 3. The van der Waals surface area contributed by atoms with Gasteiger partial charge in [-0.25, -0.2) is 0 Å². The van der Waals surface area contributed by atoms with E-state index in [0.29, 0.717) is 38.2 Å². The summed E-state index contributed by atoms with van der Waals surface area (Å²) in [5, 5.41) is 0. The van der Waals surface area contributed by atoms with Gasteiger partial charge >= 0.3 is 0 Å². The predicted molar refractivity (Wildman–Crippen MR) is 90.9 cm³/mol. The average molecular weight is 329 g/mol. The molecule has 0 spiro atoms. The maximum atomic E-state index is 12.7. The van der Waals surface area contributed by atoms with Crippen LogP contribution in [-0.4, -0.2) is 60.7 Å². The summed E-state index contributed by atoms with van der Waals surface area (Å²) in [5.41, 5.74) is 2.39. The maximum Gasteiger partial charge on any atom is 0.253 e. The van der Waals surface area contributed by atoms with Gasteiger partial charge in [-0.3, -0.25) is 14.4 Å². The Morgan fingerprint density at radius 3 is 2.29 bits per heavy atom. The van der Waals surface area contributed by atoms with Crippen molar-refractivity contribution in [3.05, 3.63) is 29.3 Å². The number of carbonyl (C=O) groups excluding carboxylic acids is 3. The molecule has 0 bridgehead atoms. The molecule has 1 fully saturated rings. The number of benzene rings is 1. The van der Waals surface area contributed by atoms with E-state index in [1.165, 1.54) is 0 Å². The molecule has 2 aliphatic rings. The van der Waals surface area contributed by atoms with E-state index in [1.54, 1.807) is 22.9 Å². The van der Waals surface area contributed by atoms with Gasteiger partial charge in [-0.15, -0.1) is 0 Å². The maximum absolute atomic E-state index is 12.7. The molecule has 24 heavy (non-hydrogen) atoms. The minimum atomic E-state index is -0.0311. The summed E-state index contributed by atoms with van der Waals surface area (Å²) in [6, 6.07) is 5.44. The van der Waals surface area contributed by atoms with E-state index in [9.17, 15) is 14.4 Å². The summed E-state index contributed by atoms with van der Waals surface area (Å²) in [7, 11) is 1.75. The van der Waals surface area contributed by atoms with Gasteiger partial charge in [0.25, 0.3) is 5.91 Å². The quantitative estimate of drug-likeness (QED) is 0.818. The molecule has 0 unspecified atom stereocenters. The second kappa shape index (κ2) is 6.26. The van der Waals surface area contributed by atoms with Crippen molar-refractivity contribution in [2.24, 2.45) is 5.92 Å². The van der Waals surface area contributed by atoms with Gasteiger partial charge in [-0.05, 0) is 23.8 Å². The van der Waals surface area contributed by atoms with Crippen LogP contribution in [0.5, 0.6) is 0 Å². The number of amides is 3. The molecule has 1 aromatic carbocycles. The largest absolute Gasteiger partial charge is 0.339 e. The number of anilines is 1. The molecule has 3 rings (SSSR count). The Morgan fingerprint density at radius 2 is 1.67 bits per heavy atom. The first-order chi connectivity index (χ1) is 11.4. The Labute approximate surface area is 142 Å². The smallest absolute Gasteiger partial charge is 0.253 e. The van der Waals surface area contributed by atoms with Crippen LogP contribution in [0.2, 0.25) is 0 Å². The number of nitrogens with zero attached hydrogens (tertiary/aromatic N) is 3. The van der Waals surface area contributed by atoms with Gasteiger partial charge in [0.05, 0.1) is 6.42 Å². The molecule has 1 saturated heterocycles. The van der Waals surface area contributed by atoms with Crippen molar-refractivity contribution >= 4 is 23.4 Å². The molecule has 2 aliphatic heterocycles. The molecular weight excluding hydrogens is 306 g/mol. The van der Waals surface area contributed by atoms with Crippen molar-refractivity contribution in [2.75, 3.05) is 38.1 Å². The zero-order valence-electron chi connectivity index (χ0n) is 14.4. The Kier molecular flexibility index (Phi) is 4.30. The van der Waals surface area contributed by atoms with E-state index in [0.717, 1.165) is 11.3 Å². The first kappa shape index (κ1) is 16.5. The molecule has 128 valence electrons. The lowest BCUT2D eigenvalue weighted by Crippen LogP contribution is -2.51. The van der Waals surface area contributed by atoms with Gasteiger partial charge in [-0.2, -0.15) is 0 Å². The Hall–Kier alpha value is -2.37. The Bertz CT molecular complexity index is 691. The van der Waals surface area contributed by atoms with Crippen LogP contribution < -0.4 is 4.90 Å². The van der Waals surface area contributed by atoms with E-state index >= 15 is 0 Å². The molecule has 0 aromatic heterocycles. The number of hydrogen-bond acceptors (Lipinski definition) is 3. The van der Waals surface area contributed by atoms with E-state index in [4.69, 9.17) is 0 Å². The lowest BCUT2D eigenvalue weighted by molar-refractivity contribution is -0.135. The van der Waals surface area contributed by atoms with Crippen molar-refractivity contribution in [1.29, 1.82) is 0 Å². The summed E-state index contributed by atoms with van der Waals surface area (Å²) in [4.78, 5) is 41.7. The van der Waals surface area contributed by atoms with Gasteiger partial charge in [0, 0.05) is 50.4 Å². The minimum Gasteiger partial charge on any atom is -0.339 e. The second-order valence-electron chi connectivity index (χ2n) is 6.75. The van der Waals surface area contributed by atoms with Gasteiger partial charge in [0.2, 0.25) is 11.8 Å². The van der Waals surface area contributed by atoms with Crippen LogP contribution in [0.4, 0.5) is 5.69 Å². The Morgan fingerprint density at radius 1 is 1.04 bits per heavy atom. The molecule has 2 heterocycles. The van der Waals surface area contributed by atoms with Crippen molar-refractivity contribution in [3.63, 3.8) is 0 Å². The standard InChI is InChI=1S/C18H23N3O3/c1-12(2)17(23)20-6-8-21(9-7-20)18(24)13-4-5-15-14(10-13)11-16(22)19(15)3/h4-5,10,12H,6-9,11H2,1-3H3. The highest BCUT2D eigenvalue weighted by Gasteiger charge is 2.28. The summed E-state index contributed by atoms with van der Waals surface area (Å²) in [5.74, 6) is 0.145. The summed E-state index contributed by atoms with van der Waals surface area (Å²) >= 11 is 0. The van der Waals surface area contributed by atoms with Crippen molar-refractivity contribution in [1.82, 2.24) is 9.80 Å². The van der Waals surface area contributed by atoms with Crippen LogP contribution in [0.15, 0.2) is 18.2 Å². The van der Waals surface area contributed by atoms with Crippen LogP contribution in [0, 0.1) is 5.92 Å². The van der Waals surface area contributed by atoms with Gasteiger partial charge in [-0.1, -0.05) is 13.8 Å². The first-order valence-corrected chi connectivity index (χ1v) is 8.36. The number of hydrogen-bond donors (Lipinski definition) is 0. The van der Waals surface area contributed by atoms with Crippen LogP contribution in [-0.2, 0) is 16.0 Å². The number of fused-ring (bicyclic) bond motifs is 1. The SMILES string of the molecule is CC(C)C(=O)N1CCN(C(=O)c2ccc3c(c2)CC(=O)N3C)CC1. The lowest BCUT2D eigenvalue weighted by atomic mass is 10.1. The minimum absolute atomic E-state index is 0.0153. The molecule has 0 aliphatic carbocycles. The molecule has 0 radical (unpaired) electrons. The van der Waals surface area contributed by atoms with Crippen molar-refractivity contribution in [3.8, 4) is 0 Å². The molecule has 0 saturated carbocycles. The van der Waals surface area contributed by atoms with Crippen LogP contribution in [0.1, 0.15) is 29.8 Å². The highest BCUT2D eigenvalue weighted by atomic mass is 16.2. The van der Waals surface area contributed by atoms with Crippen molar-refractivity contribution < 1.29 is 14.4 Å². The monoisotopic (exact) mass is 329 g/mol. The number of piperazine rings is 1. The third-order valence-electron chi connectivity index (χ3n) is 4.78. The zero-order valence-corrected chi connectivity index (χ0v) is 14.4. The average Bonchev–Trinajstić information content (AvgIpc) is 2.87. The van der Waals surface area contributed by atoms with Crippen LogP contribution >= 0.6 is 0 Å². The molecule has 6 nitrogen and oxygen atoms in total. The third kappa shape index (κ3) is 2.88. The van der Waals surface area contributed by atoms with Crippen LogP contribution in [0.25, 0.3) is 0 Å². The molecular formula is C18H23N3O3. The molecule has 3 amide bonds. The number of likely N-dealkylation sites (N-methyl/N-ethyl adjacent to an activating group) is 1. The fourth-order valence-electron chi connectivity index (χ4n) is 3.28. The zero-order chi connectivity index (χ0) is 17.4. The lowest BCUT2D eigenvalue weighted by Gasteiger charge is -2.35. The molecule has 1 aromatic rings. The van der Waals surface area contributed by atoms with Gasteiger partial charge in [0.1, 0.15) is 0 Å². The fraction of sp³-hybridized carbons (Fsp3) is 0.500. The van der Waals surface area contributed by atoms with E-state index in [-0.39, 0.29) is 23.6 Å². The summed E-state index contributed by atoms with van der Waals surface area (Å²) in [6.07, 6.45) is 0.351. The second-order valence-corrected chi connectivity index (χ2v) is 6.75.